The summed E-state index contributed by atoms with van der Waals surface area (Å²) in [6.45, 7) is 1.94. The van der Waals surface area contributed by atoms with Crippen LogP contribution in [0.1, 0.15) is 5.01 Å². The van der Waals surface area contributed by atoms with Crippen LogP contribution in [0.15, 0.2) is 29.6 Å². The summed E-state index contributed by atoms with van der Waals surface area (Å²) < 4.78 is 10.4. The second kappa shape index (κ2) is 7.23. The molecule has 0 amide bonds. The van der Waals surface area contributed by atoms with Gasteiger partial charge in [0.05, 0.1) is 30.5 Å². The van der Waals surface area contributed by atoms with Crippen molar-refractivity contribution < 1.29 is 9.47 Å². The Labute approximate surface area is 117 Å². The van der Waals surface area contributed by atoms with Crippen LogP contribution in [0.2, 0.25) is 0 Å². The minimum atomic E-state index is 0.632. The van der Waals surface area contributed by atoms with Gasteiger partial charge in [-0.15, -0.1) is 11.3 Å². The first-order chi connectivity index (χ1) is 9.29. The number of hydrogen-bond donors (Lipinski definition) is 1. The molecule has 0 aliphatic heterocycles. The standard InChI is InChI=1S/C14H18N2O2S/c1-17-8-9-18-7-6-14-16-13(10-19-14)11-2-4-12(15)5-3-11/h2-5,10H,6-9,15H2,1H3. The third kappa shape index (κ3) is 4.31. The molecule has 5 heteroatoms. The molecule has 1 aromatic carbocycles. The molecule has 0 spiro atoms. The van der Waals surface area contributed by atoms with E-state index in [0.717, 1.165) is 28.4 Å². The number of nitrogens with zero attached hydrogens (tertiary/aromatic N) is 1. The number of ether oxygens (including phenoxy) is 2. The maximum Gasteiger partial charge on any atom is 0.0955 e. The number of nitrogens with two attached hydrogens (primary N) is 1. The lowest BCUT2D eigenvalue weighted by atomic mass is 10.1. The smallest absolute Gasteiger partial charge is 0.0955 e. The van der Waals surface area contributed by atoms with Gasteiger partial charge in [0.25, 0.3) is 0 Å². The predicted molar refractivity (Wildman–Crippen MR) is 78.4 cm³/mol. The first-order valence-corrected chi connectivity index (χ1v) is 7.04. The van der Waals surface area contributed by atoms with Crippen molar-refractivity contribution in [1.29, 1.82) is 0 Å². The zero-order valence-corrected chi connectivity index (χ0v) is 11.8. The third-order valence-corrected chi connectivity index (χ3v) is 3.56. The van der Waals surface area contributed by atoms with Crippen molar-refractivity contribution >= 4 is 17.0 Å². The van der Waals surface area contributed by atoms with Crippen molar-refractivity contribution in [3.05, 3.63) is 34.7 Å². The van der Waals surface area contributed by atoms with E-state index in [-0.39, 0.29) is 0 Å². The molecule has 2 rings (SSSR count). The maximum atomic E-state index is 5.67. The Kier molecular flexibility index (Phi) is 5.32. The van der Waals surface area contributed by atoms with Crippen LogP contribution in [0.25, 0.3) is 11.3 Å². The lowest BCUT2D eigenvalue weighted by molar-refractivity contribution is 0.0722. The lowest BCUT2D eigenvalue weighted by Crippen LogP contribution is -2.04. The molecule has 1 aromatic heterocycles. The summed E-state index contributed by atoms with van der Waals surface area (Å²) in [6.07, 6.45) is 0.837. The number of nitrogen functional groups attached to an aromatic ring is 1. The number of aromatic nitrogens is 1. The van der Waals surface area contributed by atoms with Crippen molar-refractivity contribution in [1.82, 2.24) is 4.98 Å². The Morgan fingerprint density at radius 2 is 1.95 bits per heavy atom. The Hall–Kier alpha value is -1.43. The van der Waals surface area contributed by atoms with Crippen molar-refractivity contribution in [3.8, 4) is 11.3 Å². The Morgan fingerprint density at radius 1 is 1.16 bits per heavy atom. The highest BCUT2D eigenvalue weighted by molar-refractivity contribution is 7.09. The van der Waals surface area contributed by atoms with Crippen molar-refractivity contribution in [2.75, 3.05) is 32.7 Å². The molecule has 0 radical (unpaired) electrons. The first-order valence-electron chi connectivity index (χ1n) is 6.16. The molecule has 2 N–H and O–H groups in total. The molecule has 1 heterocycles. The van der Waals surface area contributed by atoms with Crippen molar-refractivity contribution in [2.24, 2.45) is 0 Å². The topological polar surface area (TPSA) is 57.4 Å². The average Bonchev–Trinajstić information content (AvgIpc) is 2.88. The van der Waals surface area contributed by atoms with Gasteiger partial charge in [-0.2, -0.15) is 0 Å². The second-order valence-electron chi connectivity index (χ2n) is 4.10. The van der Waals surface area contributed by atoms with Crippen molar-refractivity contribution in [2.45, 2.75) is 6.42 Å². The summed E-state index contributed by atoms with van der Waals surface area (Å²) in [5.74, 6) is 0. The molecule has 0 aliphatic rings. The van der Waals surface area contributed by atoms with Gasteiger partial charge in [-0.3, -0.25) is 0 Å². The van der Waals surface area contributed by atoms with Crippen LogP contribution in [0.4, 0.5) is 5.69 Å². The summed E-state index contributed by atoms with van der Waals surface area (Å²) in [4.78, 5) is 4.59. The Morgan fingerprint density at radius 3 is 2.68 bits per heavy atom. The van der Waals surface area contributed by atoms with Gasteiger partial charge in [0.15, 0.2) is 0 Å². The van der Waals surface area contributed by atoms with Gasteiger partial charge in [-0.25, -0.2) is 4.98 Å². The van der Waals surface area contributed by atoms with Crippen LogP contribution in [0, 0.1) is 0 Å². The quantitative estimate of drug-likeness (QED) is 0.625. The summed E-state index contributed by atoms with van der Waals surface area (Å²) in [6, 6.07) is 7.76. The molecule has 2 aromatic rings. The summed E-state index contributed by atoms with van der Waals surface area (Å²) in [5.41, 5.74) is 8.53. The van der Waals surface area contributed by atoms with Crippen molar-refractivity contribution in [3.63, 3.8) is 0 Å². The van der Waals surface area contributed by atoms with E-state index in [1.165, 1.54) is 0 Å². The molecule has 0 saturated carbocycles. The van der Waals surface area contributed by atoms with Crippen LogP contribution in [0.3, 0.4) is 0 Å². The number of hydrogen-bond acceptors (Lipinski definition) is 5. The zero-order valence-electron chi connectivity index (χ0n) is 11.0. The maximum absolute atomic E-state index is 5.67. The van der Waals surface area contributed by atoms with E-state index < -0.39 is 0 Å². The van der Waals surface area contributed by atoms with Crippen LogP contribution >= 0.6 is 11.3 Å². The van der Waals surface area contributed by atoms with E-state index in [9.17, 15) is 0 Å². The molecular weight excluding hydrogens is 260 g/mol. The third-order valence-electron chi connectivity index (χ3n) is 2.65. The highest BCUT2D eigenvalue weighted by Crippen LogP contribution is 2.22. The normalized spacial score (nSPS) is 10.8. The molecule has 4 nitrogen and oxygen atoms in total. The van der Waals surface area contributed by atoms with Gasteiger partial charge in [-0.05, 0) is 12.1 Å². The minimum absolute atomic E-state index is 0.632. The summed E-state index contributed by atoms with van der Waals surface area (Å²) >= 11 is 1.66. The van der Waals surface area contributed by atoms with E-state index in [2.05, 4.69) is 10.4 Å². The van der Waals surface area contributed by atoms with E-state index >= 15 is 0 Å². The molecule has 0 aliphatic carbocycles. The number of methoxy groups -OCH3 is 1. The highest BCUT2D eigenvalue weighted by Gasteiger charge is 2.04. The monoisotopic (exact) mass is 278 g/mol. The number of thiazole rings is 1. The molecule has 0 bridgehead atoms. The average molecular weight is 278 g/mol. The Balaban J connectivity index is 1.86. The van der Waals surface area contributed by atoms with Crippen LogP contribution in [-0.2, 0) is 15.9 Å². The lowest BCUT2D eigenvalue weighted by Gasteiger charge is -2.01. The summed E-state index contributed by atoms with van der Waals surface area (Å²) in [7, 11) is 1.67. The van der Waals surface area contributed by atoms with Crippen LogP contribution in [0.5, 0.6) is 0 Å². The fraction of sp³-hybridized carbons (Fsp3) is 0.357. The van der Waals surface area contributed by atoms with Gasteiger partial charge in [0, 0.05) is 30.2 Å². The summed E-state index contributed by atoms with van der Waals surface area (Å²) in [5, 5.41) is 3.15. The van der Waals surface area contributed by atoms with E-state index in [0.29, 0.717) is 19.8 Å². The SMILES string of the molecule is COCCOCCc1nc(-c2ccc(N)cc2)cs1. The molecule has 0 saturated heterocycles. The van der Waals surface area contributed by atoms with Gasteiger partial charge in [-0.1, -0.05) is 12.1 Å². The molecule has 0 atom stereocenters. The predicted octanol–water partition coefficient (Wildman–Crippen LogP) is 2.60. The first kappa shape index (κ1) is 14.0. The van der Waals surface area contributed by atoms with E-state index in [1.807, 2.05) is 24.3 Å². The number of benzene rings is 1. The second-order valence-corrected chi connectivity index (χ2v) is 5.05. The number of rotatable bonds is 7. The van der Waals surface area contributed by atoms with Gasteiger partial charge < -0.3 is 15.2 Å². The number of anilines is 1. The van der Waals surface area contributed by atoms with Gasteiger partial charge >= 0.3 is 0 Å². The van der Waals surface area contributed by atoms with Gasteiger partial charge in [0.1, 0.15) is 0 Å². The minimum Gasteiger partial charge on any atom is -0.399 e. The van der Waals surface area contributed by atoms with Gasteiger partial charge in [0.2, 0.25) is 0 Å². The molecule has 19 heavy (non-hydrogen) atoms. The zero-order chi connectivity index (χ0) is 13.5. The van der Waals surface area contributed by atoms with E-state index in [1.54, 1.807) is 18.4 Å². The van der Waals surface area contributed by atoms with E-state index in [4.69, 9.17) is 15.2 Å². The largest absolute Gasteiger partial charge is 0.399 e. The Bertz CT molecular complexity index is 496. The molecular formula is C14H18N2O2S. The molecule has 0 fully saturated rings. The highest BCUT2D eigenvalue weighted by atomic mass is 32.1. The molecule has 0 unspecified atom stereocenters. The molecule has 102 valence electrons. The van der Waals surface area contributed by atoms with Crippen LogP contribution < -0.4 is 5.73 Å². The van der Waals surface area contributed by atoms with Crippen LogP contribution in [-0.4, -0.2) is 31.9 Å². The fourth-order valence-electron chi connectivity index (χ4n) is 1.62. The fourth-order valence-corrected chi connectivity index (χ4v) is 2.40.